The Bertz CT molecular complexity index is 1460. The van der Waals surface area contributed by atoms with Crippen LogP contribution in [-0.4, -0.2) is 65.6 Å². The molecule has 10 nitrogen and oxygen atoms in total. The van der Waals surface area contributed by atoms with E-state index in [-0.39, 0.29) is 23.1 Å². The van der Waals surface area contributed by atoms with Crippen LogP contribution in [0.4, 0.5) is 5.69 Å². The smallest absolute Gasteiger partial charge is 0.264 e. The molecule has 0 radical (unpaired) electrons. The van der Waals surface area contributed by atoms with Gasteiger partial charge in [-0.15, -0.1) is 0 Å². The molecule has 0 heterocycles. The first kappa shape index (κ1) is 32.3. The van der Waals surface area contributed by atoms with Crippen molar-refractivity contribution in [3.63, 3.8) is 0 Å². The van der Waals surface area contributed by atoms with Crippen molar-refractivity contribution < 1.29 is 32.2 Å². The predicted molar refractivity (Wildman–Crippen MR) is 162 cm³/mol. The first-order valence-corrected chi connectivity index (χ1v) is 15.0. The average molecular weight is 598 g/mol. The number of nitrogens with zero attached hydrogens (tertiary/aromatic N) is 2. The number of hydrogen-bond acceptors (Lipinski definition) is 7. The van der Waals surface area contributed by atoms with E-state index < -0.39 is 28.5 Å². The van der Waals surface area contributed by atoms with Crippen LogP contribution in [0.1, 0.15) is 31.4 Å². The molecule has 0 fully saturated rings. The third-order valence-electron chi connectivity index (χ3n) is 6.79. The van der Waals surface area contributed by atoms with Crippen molar-refractivity contribution in [2.24, 2.45) is 0 Å². The standard InChI is InChI=1S/C31H39N3O7S/c1-7-27(31(36)32-8-2)33(20-23-11-15-25(39-4)16-12-23)30(35)21-34(24-13-9-22(3)10-14-24)42(37,38)26-17-18-28(40-5)29(19-26)41-6/h9-19,27H,7-8,20-21H2,1-6H3,(H,32,36)/t27-/m0/s1. The molecular formula is C31H39N3O7S. The van der Waals surface area contributed by atoms with Crippen LogP contribution in [0.5, 0.6) is 17.2 Å². The van der Waals surface area contributed by atoms with Crippen molar-refractivity contribution in [1.29, 1.82) is 0 Å². The Morgan fingerprint density at radius 3 is 2.05 bits per heavy atom. The van der Waals surface area contributed by atoms with Crippen molar-refractivity contribution in [3.8, 4) is 17.2 Å². The van der Waals surface area contributed by atoms with E-state index in [4.69, 9.17) is 14.2 Å². The Morgan fingerprint density at radius 2 is 1.50 bits per heavy atom. The first-order chi connectivity index (χ1) is 20.1. The van der Waals surface area contributed by atoms with Gasteiger partial charge in [-0.2, -0.15) is 0 Å². The minimum atomic E-state index is -4.26. The second kappa shape index (κ2) is 14.6. The molecule has 0 aliphatic heterocycles. The summed E-state index contributed by atoms with van der Waals surface area (Å²) >= 11 is 0. The molecule has 0 unspecified atom stereocenters. The van der Waals surface area contributed by atoms with Gasteiger partial charge in [0.15, 0.2) is 11.5 Å². The summed E-state index contributed by atoms with van der Waals surface area (Å²) in [6.07, 6.45) is 0.334. The molecule has 226 valence electrons. The van der Waals surface area contributed by atoms with Crippen molar-refractivity contribution in [2.75, 3.05) is 38.7 Å². The van der Waals surface area contributed by atoms with Gasteiger partial charge in [0, 0.05) is 19.2 Å². The molecular weight excluding hydrogens is 558 g/mol. The molecule has 0 bridgehead atoms. The fraction of sp³-hybridized carbons (Fsp3) is 0.355. The summed E-state index contributed by atoms with van der Waals surface area (Å²) in [6, 6.07) is 17.4. The maximum atomic E-state index is 14.1. The second-order valence-electron chi connectivity index (χ2n) is 9.55. The summed E-state index contributed by atoms with van der Waals surface area (Å²) in [5, 5.41) is 2.80. The van der Waals surface area contributed by atoms with E-state index in [0.29, 0.717) is 30.2 Å². The van der Waals surface area contributed by atoms with E-state index in [0.717, 1.165) is 15.4 Å². The van der Waals surface area contributed by atoms with Crippen LogP contribution in [0.15, 0.2) is 71.6 Å². The number of benzene rings is 3. The molecule has 2 amide bonds. The van der Waals surface area contributed by atoms with E-state index in [1.807, 2.05) is 26.0 Å². The number of carbonyl (C=O) groups excluding carboxylic acids is 2. The van der Waals surface area contributed by atoms with Crippen molar-refractivity contribution in [1.82, 2.24) is 10.2 Å². The number of amides is 2. The molecule has 42 heavy (non-hydrogen) atoms. The Kier molecular flexibility index (Phi) is 11.2. The summed E-state index contributed by atoms with van der Waals surface area (Å²) in [4.78, 5) is 28.5. The largest absolute Gasteiger partial charge is 0.497 e. The Morgan fingerprint density at radius 1 is 0.857 bits per heavy atom. The number of sulfonamides is 1. The van der Waals surface area contributed by atoms with Crippen LogP contribution in [0.2, 0.25) is 0 Å². The van der Waals surface area contributed by atoms with Crippen molar-refractivity contribution >= 4 is 27.5 Å². The maximum Gasteiger partial charge on any atom is 0.264 e. The van der Waals surface area contributed by atoms with E-state index in [1.165, 1.54) is 37.3 Å². The number of anilines is 1. The highest BCUT2D eigenvalue weighted by Gasteiger charge is 2.34. The van der Waals surface area contributed by atoms with Crippen LogP contribution < -0.4 is 23.8 Å². The molecule has 3 aromatic carbocycles. The number of hydrogen-bond donors (Lipinski definition) is 1. The highest BCUT2D eigenvalue weighted by molar-refractivity contribution is 7.92. The minimum Gasteiger partial charge on any atom is -0.497 e. The zero-order valence-corrected chi connectivity index (χ0v) is 25.7. The lowest BCUT2D eigenvalue weighted by atomic mass is 10.1. The van der Waals surface area contributed by atoms with E-state index in [1.54, 1.807) is 50.4 Å². The molecule has 3 aromatic rings. The molecule has 1 N–H and O–H groups in total. The lowest BCUT2D eigenvalue weighted by Gasteiger charge is -2.33. The van der Waals surface area contributed by atoms with Crippen LogP contribution in [-0.2, 0) is 26.2 Å². The Labute approximate surface area is 248 Å². The average Bonchev–Trinajstić information content (AvgIpc) is 3.00. The minimum absolute atomic E-state index is 0.0778. The van der Waals surface area contributed by atoms with Gasteiger partial charge in [-0.05, 0) is 62.2 Å². The van der Waals surface area contributed by atoms with Crippen molar-refractivity contribution in [3.05, 3.63) is 77.9 Å². The molecule has 1 atom stereocenters. The molecule has 0 aliphatic rings. The van der Waals surface area contributed by atoms with Gasteiger partial charge in [-0.1, -0.05) is 36.8 Å². The van der Waals surface area contributed by atoms with Crippen LogP contribution in [0.25, 0.3) is 0 Å². The third-order valence-corrected chi connectivity index (χ3v) is 8.56. The fourth-order valence-electron chi connectivity index (χ4n) is 4.48. The summed E-state index contributed by atoms with van der Waals surface area (Å²) in [5.41, 5.74) is 1.99. The number of likely N-dealkylation sites (N-methyl/N-ethyl adjacent to an activating group) is 1. The quantitative estimate of drug-likeness (QED) is 0.297. The lowest BCUT2D eigenvalue weighted by Crippen LogP contribution is -2.52. The lowest BCUT2D eigenvalue weighted by molar-refractivity contribution is -0.140. The third kappa shape index (κ3) is 7.52. The summed E-state index contributed by atoms with van der Waals surface area (Å²) in [5.74, 6) is 0.406. The highest BCUT2D eigenvalue weighted by atomic mass is 32.2. The zero-order chi connectivity index (χ0) is 30.9. The highest BCUT2D eigenvalue weighted by Crippen LogP contribution is 2.32. The number of aryl methyl sites for hydroxylation is 1. The SMILES string of the molecule is CCNC(=O)[C@H](CC)N(Cc1ccc(OC)cc1)C(=O)CN(c1ccc(C)cc1)S(=O)(=O)c1ccc(OC)c(OC)c1. The van der Waals surface area contributed by atoms with Gasteiger partial charge in [-0.25, -0.2) is 8.42 Å². The Balaban J connectivity index is 2.08. The second-order valence-corrected chi connectivity index (χ2v) is 11.4. The maximum absolute atomic E-state index is 14.1. The van der Waals surface area contributed by atoms with Gasteiger partial charge in [0.05, 0.1) is 31.9 Å². The molecule has 0 aliphatic carbocycles. The number of carbonyl (C=O) groups is 2. The Hall–Kier alpha value is -4.25. The molecule has 0 aromatic heterocycles. The predicted octanol–water partition coefficient (Wildman–Crippen LogP) is 4.16. The van der Waals surface area contributed by atoms with Gasteiger partial charge >= 0.3 is 0 Å². The summed E-state index contributed by atoms with van der Waals surface area (Å²) < 4.78 is 45.1. The van der Waals surface area contributed by atoms with E-state index in [9.17, 15) is 18.0 Å². The van der Waals surface area contributed by atoms with Crippen LogP contribution in [0.3, 0.4) is 0 Å². The number of methoxy groups -OCH3 is 3. The van der Waals surface area contributed by atoms with Crippen LogP contribution >= 0.6 is 0 Å². The van der Waals surface area contributed by atoms with E-state index in [2.05, 4.69) is 5.32 Å². The normalized spacial score (nSPS) is 11.8. The molecule has 0 saturated heterocycles. The van der Waals surface area contributed by atoms with Crippen LogP contribution in [0, 0.1) is 6.92 Å². The monoisotopic (exact) mass is 597 g/mol. The van der Waals surface area contributed by atoms with Crippen molar-refractivity contribution in [2.45, 2.75) is 44.7 Å². The first-order valence-electron chi connectivity index (χ1n) is 13.6. The van der Waals surface area contributed by atoms with E-state index >= 15 is 0 Å². The van der Waals surface area contributed by atoms with Gasteiger partial charge in [0.25, 0.3) is 10.0 Å². The van der Waals surface area contributed by atoms with Gasteiger partial charge in [0.2, 0.25) is 11.8 Å². The number of nitrogens with one attached hydrogen (secondary N) is 1. The molecule has 3 rings (SSSR count). The van der Waals surface area contributed by atoms with Gasteiger partial charge in [0.1, 0.15) is 18.3 Å². The molecule has 0 spiro atoms. The topological polar surface area (TPSA) is 114 Å². The number of rotatable bonds is 14. The van der Waals surface area contributed by atoms with Gasteiger partial charge in [-0.3, -0.25) is 13.9 Å². The summed E-state index contributed by atoms with van der Waals surface area (Å²) in [6.45, 7) is 5.45. The molecule has 11 heteroatoms. The zero-order valence-electron chi connectivity index (χ0n) is 24.9. The fourth-order valence-corrected chi connectivity index (χ4v) is 5.91. The number of ether oxygens (including phenoxy) is 3. The summed E-state index contributed by atoms with van der Waals surface area (Å²) in [7, 11) is 0.170. The van der Waals surface area contributed by atoms with Gasteiger partial charge < -0.3 is 24.4 Å². The molecule has 0 saturated carbocycles.